The first-order valence-electron chi connectivity index (χ1n) is 8.12. The van der Waals surface area contributed by atoms with Gasteiger partial charge in [-0.05, 0) is 13.0 Å². The zero-order chi connectivity index (χ0) is 17.4. The molecule has 2 rings (SSSR count). The summed E-state index contributed by atoms with van der Waals surface area (Å²) in [5, 5.41) is 2.80. The molecule has 0 saturated carbocycles. The zero-order valence-electron chi connectivity index (χ0n) is 14.2. The summed E-state index contributed by atoms with van der Waals surface area (Å²) in [5.41, 5.74) is 0.975. The number of nitrogens with zero attached hydrogens (tertiary/aromatic N) is 1. The molecule has 0 spiro atoms. The lowest BCUT2D eigenvalue weighted by Crippen LogP contribution is -2.55. The first-order valence-corrected chi connectivity index (χ1v) is 8.12. The van der Waals surface area contributed by atoms with E-state index in [4.69, 9.17) is 9.47 Å². The number of carbonyl (C=O) groups excluding carboxylic acids is 2. The minimum absolute atomic E-state index is 0.0716. The van der Waals surface area contributed by atoms with Crippen molar-refractivity contribution >= 4 is 18.0 Å². The number of amides is 1. The normalized spacial score (nSPS) is 18.4. The van der Waals surface area contributed by atoms with Gasteiger partial charge in [0, 0.05) is 25.2 Å². The van der Waals surface area contributed by atoms with E-state index in [1.54, 1.807) is 14.0 Å². The Morgan fingerprint density at radius 3 is 2.96 bits per heavy atom. The summed E-state index contributed by atoms with van der Waals surface area (Å²) in [5.74, 6) is 0.325. The monoisotopic (exact) mass is 332 g/mol. The molecule has 1 saturated heterocycles. The van der Waals surface area contributed by atoms with E-state index >= 15 is 0 Å². The molecule has 1 aliphatic heterocycles. The fourth-order valence-corrected chi connectivity index (χ4v) is 2.70. The predicted molar refractivity (Wildman–Crippen MR) is 91.6 cm³/mol. The van der Waals surface area contributed by atoms with Crippen LogP contribution in [0.4, 0.5) is 0 Å². The zero-order valence-corrected chi connectivity index (χ0v) is 14.2. The number of hydrogen-bond donors (Lipinski definition) is 1. The molecule has 0 aliphatic carbocycles. The Morgan fingerprint density at radius 1 is 1.42 bits per heavy atom. The lowest BCUT2D eigenvalue weighted by Gasteiger charge is -2.33. The van der Waals surface area contributed by atoms with E-state index in [2.05, 4.69) is 5.32 Å². The highest BCUT2D eigenvalue weighted by Gasteiger charge is 2.31. The molecule has 1 aliphatic rings. The van der Waals surface area contributed by atoms with E-state index in [1.165, 1.54) is 0 Å². The van der Waals surface area contributed by atoms with Gasteiger partial charge < -0.3 is 14.8 Å². The third kappa shape index (κ3) is 4.83. The maximum absolute atomic E-state index is 12.1. The van der Waals surface area contributed by atoms with Crippen LogP contribution in [0.1, 0.15) is 18.9 Å². The van der Waals surface area contributed by atoms with Crippen molar-refractivity contribution in [2.45, 2.75) is 19.4 Å². The Morgan fingerprint density at radius 2 is 2.21 bits per heavy atom. The average molecular weight is 332 g/mol. The van der Waals surface area contributed by atoms with Gasteiger partial charge in [0.05, 0.1) is 26.2 Å². The number of rotatable bonds is 7. The van der Waals surface area contributed by atoms with Gasteiger partial charge in [0.1, 0.15) is 5.75 Å². The second kappa shape index (κ2) is 9.08. The Balaban J connectivity index is 2.01. The van der Waals surface area contributed by atoms with E-state index in [0.717, 1.165) is 11.3 Å². The summed E-state index contributed by atoms with van der Waals surface area (Å²) in [4.78, 5) is 25.8. The minimum Gasteiger partial charge on any atom is -0.496 e. The van der Waals surface area contributed by atoms with Crippen molar-refractivity contribution in [2.75, 3.05) is 33.4 Å². The summed E-state index contributed by atoms with van der Waals surface area (Å²) in [6.07, 6.45) is 4.02. The smallest absolute Gasteiger partial charge is 0.307 e. The van der Waals surface area contributed by atoms with Crippen LogP contribution in [0.2, 0.25) is 0 Å². The van der Waals surface area contributed by atoms with Crippen LogP contribution in [0, 0.1) is 0 Å². The number of nitrogens with one attached hydrogen (secondary N) is 1. The second-order valence-corrected chi connectivity index (χ2v) is 5.46. The van der Waals surface area contributed by atoms with Crippen molar-refractivity contribution in [3.63, 3.8) is 0 Å². The van der Waals surface area contributed by atoms with Gasteiger partial charge in [-0.1, -0.05) is 30.4 Å². The Hall–Kier alpha value is -2.34. The molecule has 0 aromatic heterocycles. The fourth-order valence-electron chi connectivity index (χ4n) is 2.70. The first kappa shape index (κ1) is 18.0. The van der Waals surface area contributed by atoms with E-state index in [9.17, 15) is 9.59 Å². The van der Waals surface area contributed by atoms with Gasteiger partial charge in [0.25, 0.3) is 0 Å². The summed E-state index contributed by atoms with van der Waals surface area (Å²) in [6, 6.07) is 7.24. The van der Waals surface area contributed by atoms with E-state index in [-0.39, 0.29) is 18.3 Å². The standard InChI is InChI=1S/C18H24N2O4/c1-3-24-17(21)13-15-18(22)19-10-12-20(15)11-6-8-14-7-4-5-9-16(14)23-2/h4-9,15H,3,10-13H2,1-2H3,(H,19,22)/b8-6-/t15-/m1/s1. The van der Waals surface area contributed by atoms with Crippen molar-refractivity contribution in [1.82, 2.24) is 10.2 Å². The van der Waals surface area contributed by atoms with Crippen LogP contribution in [0.3, 0.4) is 0 Å². The van der Waals surface area contributed by atoms with E-state index in [1.807, 2.05) is 41.3 Å². The number of ether oxygens (including phenoxy) is 2. The number of piperazine rings is 1. The van der Waals surface area contributed by atoms with Gasteiger partial charge in [-0.15, -0.1) is 0 Å². The fraction of sp³-hybridized carbons (Fsp3) is 0.444. The van der Waals surface area contributed by atoms with Gasteiger partial charge in [-0.3, -0.25) is 14.5 Å². The van der Waals surface area contributed by atoms with Crippen LogP contribution in [0.25, 0.3) is 6.08 Å². The van der Waals surface area contributed by atoms with Crippen LogP contribution >= 0.6 is 0 Å². The molecule has 1 N–H and O–H groups in total. The van der Waals surface area contributed by atoms with Gasteiger partial charge in [0.2, 0.25) is 5.91 Å². The lowest BCUT2D eigenvalue weighted by molar-refractivity contribution is -0.147. The molecule has 6 nitrogen and oxygen atoms in total. The summed E-state index contributed by atoms with van der Waals surface area (Å²) in [6.45, 7) is 3.94. The maximum Gasteiger partial charge on any atom is 0.307 e. The van der Waals surface area contributed by atoms with Crippen LogP contribution < -0.4 is 10.1 Å². The molecule has 0 radical (unpaired) electrons. The first-order chi connectivity index (χ1) is 11.7. The molecule has 1 aromatic rings. The van der Waals surface area contributed by atoms with E-state index in [0.29, 0.717) is 26.2 Å². The highest BCUT2D eigenvalue weighted by Crippen LogP contribution is 2.19. The van der Waals surface area contributed by atoms with Crippen molar-refractivity contribution in [2.24, 2.45) is 0 Å². The number of hydrogen-bond acceptors (Lipinski definition) is 5. The molecule has 1 aromatic carbocycles. The number of esters is 1. The average Bonchev–Trinajstić information content (AvgIpc) is 2.58. The molecular formula is C18H24N2O4. The number of carbonyl (C=O) groups is 2. The van der Waals surface area contributed by atoms with Crippen molar-refractivity contribution in [3.8, 4) is 5.75 Å². The lowest BCUT2D eigenvalue weighted by atomic mass is 10.1. The summed E-state index contributed by atoms with van der Waals surface area (Å²) in [7, 11) is 1.64. The molecule has 1 amide bonds. The maximum atomic E-state index is 12.1. The molecule has 1 heterocycles. The molecule has 6 heteroatoms. The molecule has 1 atom stereocenters. The third-order valence-corrected chi connectivity index (χ3v) is 3.88. The minimum atomic E-state index is -0.486. The largest absolute Gasteiger partial charge is 0.496 e. The van der Waals surface area contributed by atoms with Crippen LogP contribution in [0.5, 0.6) is 5.75 Å². The van der Waals surface area contributed by atoms with Crippen LogP contribution in [-0.2, 0) is 14.3 Å². The molecular weight excluding hydrogens is 308 g/mol. The number of methoxy groups -OCH3 is 1. The highest BCUT2D eigenvalue weighted by molar-refractivity contribution is 5.87. The topological polar surface area (TPSA) is 67.9 Å². The van der Waals surface area contributed by atoms with E-state index < -0.39 is 6.04 Å². The Kier molecular flexibility index (Phi) is 6.81. The molecule has 1 fully saturated rings. The molecule has 0 unspecified atom stereocenters. The molecule has 24 heavy (non-hydrogen) atoms. The highest BCUT2D eigenvalue weighted by atomic mass is 16.5. The second-order valence-electron chi connectivity index (χ2n) is 5.46. The quantitative estimate of drug-likeness (QED) is 0.766. The Labute approximate surface area is 142 Å². The van der Waals surface area contributed by atoms with Gasteiger partial charge >= 0.3 is 5.97 Å². The van der Waals surface area contributed by atoms with Gasteiger partial charge in [0.15, 0.2) is 0 Å². The molecule has 0 bridgehead atoms. The van der Waals surface area contributed by atoms with Gasteiger partial charge in [-0.25, -0.2) is 0 Å². The SMILES string of the molecule is CCOC(=O)C[C@@H]1C(=O)NCCN1C/C=C\c1ccccc1OC. The van der Waals surface area contributed by atoms with Crippen molar-refractivity contribution < 1.29 is 19.1 Å². The number of benzene rings is 1. The van der Waals surface area contributed by atoms with Crippen molar-refractivity contribution in [3.05, 3.63) is 35.9 Å². The van der Waals surface area contributed by atoms with Crippen LogP contribution in [-0.4, -0.2) is 56.2 Å². The molecule has 130 valence electrons. The number of para-hydroxylation sites is 1. The summed E-state index contributed by atoms with van der Waals surface area (Å²) >= 11 is 0. The third-order valence-electron chi connectivity index (χ3n) is 3.88. The predicted octanol–water partition coefficient (Wildman–Crippen LogP) is 1.46. The van der Waals surface area contributed by atoms with Crippen LogP contribution in [0.15, 0.2) is 30.3 Å². The summed E-state index contributed by atoms with van der Waals surface area (Å²) < 4.78 is 10.3. The van der Waals surface area contributed by atoms with Gasteiger partial charge in [-0.2, -0.15) is 0 Å². The van der Waals surface area contributed by atoms with Crippen molar-refractivity contribution in [1.29, 1.82) is 0 Å². The Bertz CT molecular complexity index is 600.